The number of halogens is 1. The molecule has 0 spiro atoms. The van der Waals surface area contributed by atoms with Crippen LogP contribution in [0.15, 0.2) is 29.7 Å². The predicted octanol–water partition coefficient (Wildman–Crippen LogP) is 2.53. The number of likely N-dealkylation sites (N-methyl/N-ethyl adjacent to an activating group) is 1. The molecule has 1 aromatic carbocycles. The van der Waals surface area contributed by atoms with Gasteiger partial charge in [-0.05, 0) is 61.9 Å². The number of aliphatic hydroxyl groups is 1. The minimum atomic E-state index is -0.507. The predicted molar refractivity (Wildman–Crippen MR) is 106 cm³/mol. The number of amides is 1. The molecule has 2 N–H and O–H groups in total. The summed E-state index contributed by atoms with van der Waals surface area (Å²) in [6.45, 7) is 0.796. The number of carbonyl (C=O) groups excluding carboxylic acids is 1. The van der Waals surface area contributed by atoms with E-state index in [-0.39, 0.29) is 40.8 Å². The van der Waals surface area contributed by atoms with Gasteiger partial charge in [0.05, 0.1) is 11.4 Å². The molecule has 4 rings (SSSR count). The maximum absolute atomic E-state index is 14.7. The number of nitrogens with zero attached hydrogens (tertiary/aromatic N) is 1. The number of rotatable bonds is 4. The lowest BCUT2D eigenvalue weighted by molar-refractivity contribution is -0.126. The van der Waals surface area contributed by atoms with Crippen molar-refractivity contribution in [1.82, 2.24) is 10.2 Å². The molecule has 0 aromatic heterocycles. The molecule has 1 aliphatic carbocycles. The summed E-state index contributed by atoms with van der Waals surface area (Å²) in [4.78, 5) is 14.4. The largest absolute Gasteiger partial charge is 0.392 e. The molecule has 0 bridgehead atoms. The SMILES string of the molecule is CN(C)CCc1ccc(C2C(O)CCC3NC(=O)C4SC=CC4C32)cc1F. The van der Waals surface area contributed by atoms with Crippen molar-refractivity contribution in [2.45, 2.75) is 42.6 Å². The Morgan fingerprint density at radius 2 is 2.15 bits per heavy atom. The highest BCUT2D eigenvalue weighted by atomic mass is 32.2. The summed E-state index contributed by atoms with van der Waals surface area (Å²) >= 11 is 1.55. The number of piperidine rings is 1. The van der Waals surface area contributed by atoms with Crippen LogP contribution in [-0.2, 0) is 11.2 Å². The van der Waals surface area contributed by atoms with Crippen LogP contribution in [-0.4, -0.2) is 53.9 Å². The first-order chi connectivity index (χ1) is 13.0. The maximum Gasteiger partial charge on any atom is 0.234 e. The zero-order valence-corrected chi connectivity index (χ0v) is 16.6. The Hall–Kier alpha value is -1.37. The quantitative estimate of drug-likeness (QED) is 0.830. The average Bonchev–Trinajstić information content (AvgIpc) is 3.11. The van der Waals surface area contributed by atoms with Gasteiger partial charge in [0.2, 0.25) is 5.91 Å². The highest BCUT2D eigenvalue weighted by molar-refractivity contribution is 8.03. The molecule has 27 heavy (non-hydrogen) atoms. The molecule has 4 nitrogen and oxygen atoms in total. The van der Waals surface area contributed by atoms with Gasteiger partial charge in [0.15, 0.2) is 0 Å². The molecule has 2 fully saturated rings. The van der Waals surface area contributed by atoms with E-state index in [1.165, 1.54) is 0 Å². The van der Waals surface area contributed by atoms with Crippen molar-refractivity contribution in [3.63, 3.8) is 0 Å². The third kappa shape index (κ3) is 3.55. The second-order valence-electron chi connectivity index (χ2n) is 8.23. The Bertz CT molecular complexity index is 754. The highest BCUT2D eigenvalue weighted by Gasteiger charge is 2.51. The summed E-state index contributed by atoms with van der Waals surface area (Å²) in [5.74, 6) is -0.0505. The minimum Gasteiger partial charge on any atom is -0.392 e. The summed E-state index contributed by atoms with van der Waals surface area (Å²) in [5.41, 5.74) is 1.56. The zero-order chi connectivity index (χ0) is 19.1. The molecule has 1 amide bonds. The molecule has 6 unspecified atom stereocenters. The first-order valence-corrected chi connectivity index (χ1v) is 10.6. The van der Waals surface area contributed by atoms with Crippen LogP contribution in [0.1, 0.15) is 29.9 Å². The van der Waals surface area contributed by atoms with Gasteiger partial charge >= 0.3 is 0 Å². The van der Waals surface area contributed by atoms with Crippen LogP contribution in [0.2, 0.25) is 0 Å². The van der Waals surface area contributed by atoms with Gasteiger partial charge in [-0.2, -0.15) is 0 Å². The van der Waals surface area contributed by atoms with Crippen molar-refractivity contribution in [3.8, 4) is 0 Å². The smallest absolute Gasteiger partial charge is 0.234 e. The van der Waals surface area contributed by atoms with Gasteiger partial charge in [-0.25, -0.2) is 4.39 Å². The molecule has 6 atom stereocenters. The Morgan fingerprint density at radius 1 is 1.33 bits per heavy atom. The number of carbonyl (C=O) groups is 1. The van der Waals surface area contributed by atoms with Crippen LogP contribution < -0.4 is 5.32 Å². The van der Waals surface area contributed by atoms with Crippen molar-refractivity contribution in [2.24, 2.45) is 11.8 Å². The second kappa shape index (κ2) is 7.57. The first-order valence-electron chi connectivity index (χ1n) is 9.69. The van der Waals surface area contributed by atoms with E-state index in [9.17, 15) is 14.3 Å². The fourth-order valence-corrected chi connectivity index (χ4v) is 6.00. The molecular formula is C21H27FN2O2S. The van der Waals surface area contributed by atoms with E-state index < -0.39 is 6.10 Å². The summed E-state index contributed by atoms with van der Waals surface area (Å²) in [6, 6.07) is 5.50. The van der Waals surface area contributed by atoms with Gasteiger partial charge in [-0.15, -0.1) is 11.8 Å². The van der Waals surface area contributed by atoms with E-state index >= 15 is 0 Å². The standard InChI is InChI=1S/C21H27FN2O2S/c1-24(2)9-7-12-3-4-13(11-15(12)22)18-17(25)6-5-16-19(18)14-8-10-27-20(14)21(26)23-16/h3-4,8,10-11,14,16-20,25H,5-7,9H2,1-2H3,(H,23,26). The Balaban J connectivity index is 1.63. The van der Waals surface area contributed by atoms with E-state index in [1.54, 1.807) is 17.8 Å². The molecule has 6 heteroatoms. The fourth-order valence-electron chi connectivity index (χ4n) is 4.91. The van der Waals surface area contributed by atoms with Crippen LogP contribution in [0.25, 0.3) is 0 Å². The monoisotopic (exact) mass is 390 g/mol. The summed E-state index contributed by atoms with van der Waals surface area (Å²) < 4.78 is 14.7. The van der Waals surface area contributed by atoms with Crippen LogP contribution in [0.5, 0.6) is 0 Å². The molecule has 0 radical (unpaired) electrons. The van der Waals surface area contributed by atoms with Gasteiger partial charge in [0.1, 0.15) is 5.82 Å². The Kier molecular flexibility index (Phi) is 5.32. The third-order valence-electron chi connectivity index (χ3n) is 6.26. The average molecular weight is 391 g/mol. The number of nitrogens with one attached hydrogen (secondary N) is 1. The lowest BCUT2D eigenvalue weighted by Gasteiger charge is -2.48. The normalized spacial score (nSPS) is 35.1. The lowest BCUT2D eigenvalue weighted by Crippen LogP contribution is -2.59. The van der Waals surface area contributed by atoms with Crippen LogP contribution in [0.3, 0.4) is 0 Å². The number of fused-ring (bicyclic) bond motifs is 3. The fraction of sp³-hybridized carbons (Fsp3) is 0.571. The molecule has 146 valence electrons. The molecule has 2 aliphatic heterocycles. The Labute approximate surface area is 164 Å². The number of hydrogen-bond acceptors (Lipinski definition) is 4. The first kappa shape index (κ1) is 19.0. The zero-order valence-electron chi connectivity index (χ0n) is 15.8. The lowest BCUT2D eigenvalue weighted by atomic mass is 9.63. The van der Waals surface area contributed by atoms with Crippen molar-refractivity contribution in [2.75, 3.05) is 20.6 Å². The summed E-state index contributed by atoms with van der Waals surface area (Å²) in [5, 5.41) is 15.8. The van der Waals surface area contributed by atoms with Gasteiger partial charge in [0, 0.05) is 24.4 Å². The molecule has 3 aliphatic rings. The van der Waals surface area contributed by atoms with E-state index in [4.69, 9.17) is 0 Å². The molecule has 2 heterocycles. The number of benzene rings is 1. The summed E-state index contributed by atoms with van der Waals surface area (Å²) in [6.07, 6.45) is 3.67. The number of allylic oxidation sites excluding steroid dienone is 1. The minimum absolute atomic E-state index is 0.0481. The summed E-state index contributed by atoms with van der Waals surface area (Å²) in [7, 11) is 3.96. The van der Waals surface area contributed by atoms with Crippen LogP contribution in [0, 0.1) is 17.7 Å². The Morgan fingerprint density at radius 3 is 2.89 bits per heavy atom. The van der Waals surface area contributed by atoms with E-state index in [0.29, 0.717) is 18.4 Å². The van der Waals surface area contributed by atoms with Gasteiger partial charge < -0.3 is 15.3 Å². The molecular weight excluding hydrogens is 363 g/mol. The van der Waals surface area contributed by atoms with Gasteiger partial charge in [-0.1, -0.05) is 18.2 Å². The van der Waals surface area contributed by atoms with Crippen LogP contribution in [0.4, 0.5) is 4.39 Å². The van der Waals surface area contributed by atoms with E-state index in [2.05, 4.69) is 11.4 Å². The maximum atomic E-state index is 14.7. The topological polar surface area (TPSA) is 52.6 Å². The van der Waals surface area contributed by atoms with Crippen molar-refractivity contribution >= 4 is 17.7 Å². The van der Waals surface area contributed by atoms with Crippen molar-refractivity contribution < 1.29 is 14.3 Å². The molecule has 1 saturated heterocycles. The third-order valence-corrected chi connectivity index (χ3v) is 7.40. The van der Waals surface area contributed by atoms with Crippen molar-refractivity contribution in [1.29, 1.82) is 0 Å². The van der Waals surface area contributed by atoms with Gasteiger partial charge in [-0.3, -0.25) is 4.79 Å². The second-order valence-corrected chi connectivity index (χ2v) is 9.28. The number of hydrogen-bond donors (Lipinski definition) is 2. The van der Waals surface area contributed by atoms with Crippen LogP contribution >= 0.6 is 11.8 Å². The van der Waals surface area contributed by atoms with Crippen molar-refractivity contribution in [3.05, 3.63) is 46.6 Å². The molecule has 1 saturated carbocycles. The van der Waals surface area contributed by atoms with E-state index in [1.807, 2.05) is 36.5 Å². The highest BCUT2D eigenvalue weighted by Crippen LogP contribution is 2.50. The number of aliphatic hydroxyl groups excluding tert-OH is 1. The van der Waals surface area contributed by atoms with Gasteiger partial charge in [0.25, 0.3) is 0 Å². The number of thioether (sulfide) groups is 1. The molecule has 1 aromatic rings. The van der Waals surface area contributed by atoms with E-state index in [0.717, 1.165) is 18.5 Å².